The summed E-state index contributed by atoms with van der Waals surface area (Å²) in [6.45, 7) is 7.44. The first kappa shape index (κ1) is 29.7. The maximum atomic E-state index is 6.09. The van der Waals surface area contributed by atoms with E-state index in [1.54, 1.807) is 0 Å². The van der Waals surface area contributed by atoms with Gasteiger partial charge in [-0.2, -0.15) is 0 Å². The molecule has 1 atom stereocenters. The highest BCUT2D eigenvalue weighted by molar-refractivity contribution is 5.64. The zero-order valence-electron chi connectivity index (χ0n) is 24.0. The Morgan fingerprint density at radius 1 is 0.579 bits per heavy atom. The largest absolute Gasteiger partial charge is 0.494 e. The summed E-state index contributed by atoms with van der Waals surface area (Å²) < 4.78 is 12.0. The van der Waals surface area contributed by atoms with Crippen molar-refractivity contribution in [2.45, 2.75) is 110 Å². The van der Waals surface area contributed by atoms with Crippen LogP contribution in [0.15, 0.2) is 60.9 Å². The monoisotopic (exact) mass is 516 g/mol. The fourth-order valence-corrected chi connectivity index (χ4v) is 4.63. The lowest BCUT2D eigenvalue weighted by Gasteiger charge is -2.15. The van der Waals surface area contributed by atoms with E-state index in [0.29, 0.717) is 0 Å². The molecule has 0 fully saturated rings. The van der Waals surface area contributed by atoms with Crippen molar-refractivity contribution in [3.05, 3.63) is 60.9 Å². The lowest BCUT2D eigenvalue weighted by atomic mass is 10.1. The van der Waals surface area contributed by atoms with E-state index in [1.165, 1.54) is 70.6 Å². The molecular weight excluding hydrogens is 468 g/mol. The van der Waals surface area contributed by atoms with Crippen LogP contribution in [0.2, 0.25) is 0 Å². The predicted octanol–water partition coefficient (Wildman–Crippen LogP) is 10.1. The number of aromatic nitrogens is 2. The summed E-state index contributed by atoms with van der Waals surface area (Å²) in [6.07, 6.45) is 20.7. The molecule has 0 aliphatic heterocycles. The van der Waals surface area contributed by atoms with Crippen LogP contribution in [0.4, 0.5) is 0 Å². The van der Waals surface area contributed by atoms with E-state index in [4.69, 9.17) is 9.47 Å². The zero-order valence-corrected chi connectivity index (χ0v) is 24.0. The first-order chi connectivity index (χ1) is 18.7. The van der Waals surface area contributed by atoms with Gasteiger partial charge in [-0.15, -0.1) is 0 Å². The van der Waals surface area contributed by atoms with Gasteiger partial charge >= 0.3 is 0 Å². The predicted molar refractivity (Wildman–Crippen MR) is 160 cm³/mol. The maximum absolute atomic E-state index is 6.09. The highest BCUT2D eigenvalue weighted by atomic mass is 16.5. The fraction of sp³-hybridized carbons (Fsp3) is 0.529. The van der Waals surface area contributed by atoms with Crippen molar-refractivity contribution in [1.29, 1.82) is 0 Å². The minimum atomic E-state index is 0.238. The van der Waals surface area contributed by atoms with E-state index < -0.39 is 0 Å². The molecule has 0 spiro atoms. The Morgan fingerprint density at radius 2 is 1.11 bits per heavy atom. The molecular formula is C34H48N2O2. The van der Waals surface area contributed by atoms with Crippen LogP contribution < -0.4 is 9.47 Å². The van der Waals surface area contributed by atoms with Gasteiger partial charge in [0.1, 0.15) is 11.5 Å². The van der Waals surface area contributed by atoms with Crippen molar-refractivity contribution in [2.24, 2.45) is 0 Å². The Morgan fingerprint density at radius 3 is 1.74 bits per heavy atom. The second-order valence-electron chi connectivity index (χ2n) is 10.4. The van der Waals surface area contributed by atoms with Crippen LogP contribution in [0.25, 0.3) is 22.5 Å². The van der Waals surface area contributed by atoms with E-state index in [-0.39, 0.29) is 6.10 Å². The maximum Gasteiger partial charge on any atom is 0.159 e. The topological polar surface area (TPSA) is 44.2 Å². The van der Waals surface area contributed by atoms with E-state index in [2.05, 4.69) is 42.9 Å². The molecule has 3 aromatic rings. The van der Waals surface area contributed by atoms with Crippen molar-refractivity contribution < 1.29 is 9.47 Å². The summed E-state index contributed by atoms with van der Waals surface area (Å²) >= 11 is 0. The van der Waals surface area contributed by atoms with Crippen LogP contribution >= 0.6 is 0 Å². The highest BCUT2D eigenvalue weighted by Gasteiger charge is 2.07. The van der Waals surface area contributed by atoms with Crippen molar-refractivity contribution >= 4 is 0 Å². The Bertz CT molecular complexity index is 1000. The van der Waals surface area contributed by atoms with Crippen molar-refractivity contribution in [1.82, 2.24) is 9.97 Å². The smallest absolute Gasteiger partial charge is 0.159 e. The van der Waals surface area contributed by atoms with E-state index >= 15 is 0 Å². The van der Waals surface area contributed by atoms with Crippen LogP contribution in [0.5, 0.6) is 11.5 Å². The summed E-state index contributed by atoms with van der Waals surface area (Å²) in [5, 5.41) is 0. The van der Waals surface area contributed by atoms with Gasteiger partial charge in [0.05, 0.1) is 12.7 Å². The molecule has 0 unspecified atom stereocenters. The molecule has 206 valence electrons. The molecule has 0 amide bonds. The van der Waals surface area contributed by atoms with Crippen LogP contribution in [-0.2, 0) is 0 Å². The number of ether oxygens (including phenoxy) is 2. The third kappa shape index (κ3) is 10.8. The van der Waals surface area contributed by atoms with Gasteiger partial charge in [0.25, 0.3) is 0 Å². The average Bonchev–Trinajstić information content (AvgIpc) is 2.95. The zero-order chi connectivity index (χ0) is 26.8. The van der Waals surface area contributed by atoms with E-state index in [1.807, 2.05) is 48.8 Å². The van der Waals surface area contributed by atoms with Crippen LogP contribution in [-0.4, -0.2) is 22.7 Å². The molecule has 2 aromatic carbocycles. The molecule has 0 aliphatic rings. The van der Waals surface area contributed by atoms with Gasteiger partial charge in [0.15, 0.2) is 5.82 Å². The third-order valence-electron chi connectivity index (χ3n) is 7.02. The number of rotatable bonds is 19. The summed E-state index contributed by atoms with van der Waals surface area (Å²) in [4.78, 5) is 9.23. The minimum Gasteiger partial charge on any atom is -0.494 e. The normalized spacial score (nSPS) is 11.9. The molecule has 0 bridgehead atoms. The number of hydrogen-bond donors (Lipinski definition) is 0. The number of unbranched alkanes of at least 4 members (excludes halogenated alkanes) is 10. The Balaban J connectivity index is 1.41. The molecule has 4 nitrogen and oxygen atoms in total. The van der Waals surface area contributed by atoms with Crippen LogP contribution in [0.1, 0.15) is 104 Å². The van der Waals surface area contributed by atoms with Crippen molar-refractivity contribution in [3.8, 4) is 34.0 Å². The number of benzene rings is 2. The van der Waals surface area contributed by atoms with Gasteiger partial charge in [-0.1, -0.05) is 90.2 Å². The summed E-state index contributed by atoms with van der Waals surface area (Å²) in [6, 6.07) is 16.3. The lowest BCUT2D eigenvalue weighted by Crippen LogP contribution is -2.11. The molecule has 1 heterocycles. The molecule has 1 aromatic heterocycles. The first-order valence-corrected chi connectivity index (χ1v) is 15.0. The lowest BCUT2D eigenvalue weighted by molar-refractivity contribution is 0.206. The number of nitrogens with zero attached hydrogens (tertiary/aromatic N) is 2. The van der Waals surface area contributed by atoms with Gasteiger partial charge in [-0.05, 0) is 68.1 Å². The second-order valence-corrected chi connectivity index (χ2v) is 10.4. The van der Waals surface area contributed by atoms with Crippen molar-refractivity contribution in [2.75, 3.05) is 6.61 Å². The number of hydrogen-bond acceptors (Lipinski definition) is 4. The Kier molecular flexibility index (Phi) is 13.7. The summed E-state index contributed by atoms with van der Waals surface area (Å²) in [7, 11) is 0. The molecule has 4 heteroatoms. The van der Waals surface area contributed by atoms with Gasteiger partial charge in [-0.25, -0.2) is 9.97 Å². The summed E-state index contributed by atoms with van der Waals surface area (Å²) in [5.41, 5.74) is 3.08. The van der Waals surface area contributed by atoms with Gasteiger partial charge in [0, 0.05) is 23.5 Å². The molecule has 38 heavy (non-hydrogen) atoms. The Labute approximate surface area is 231 Å². The molecule has 0 N–H and O–H groups in total. The molecule has 0 saturated heterocycles. The standard InChI is InChI=1S/C34H48N2O2/c1-4-6-8-10-11-12-13-15-25-37-32-21-19-30(20-22-32)34-35-26-31(27-36-34)29-17-23-33(24-18-29)38-28(3)16-14-9-7-5-2/h17-24,26-28H,4-16,25H2,1-3H3/t28-/m0/s1. The van der Waals surface area contributed by atoms with Gasteiger partial charge < -0.3 is 9.47 Å². The van der Waals surface area contributed by atoms with Crippen LogP contribution in [0, 0.1) is 0 Å². The van der Waals surface area contributed by atoms with E-state index in [9.17, 15) is 0 Å². The summed E-state index contributed by atoms with van der Waals surface area (Å²) in [5.74, 6) is 2.55. The van der Waals surface area contributed by atoms with Gasteiger partial charge in [-0.3, -0.25) is 0 Å². The fourth-order valence-electron chi connectivity index (χ4n) is 4.63. The second kappa shape index (κ2) is 17.6. The van der Waals surface area contributed by atoms with Crippen molar-refractivity contribution in [3.63, 3.8) is 0 Å². The molecule has 0 radical (unpaired) electrons. The minimum absolute atomic E-state index is 0.238. The third-order valence-corrected chi connectivity index (χ3v) is 7.02. The average molecular weight is 517 g/mol. The quantitative estimate of drug-likeness (QED) is 0.149. The highest BCUT2D eigenvalue weighted by Crippen LogP contribution is 2.25. The van der Waals surface area contributed by atoms with Gasteiger partial charge in [0.2, 0.25) is 0 Å². The Hall–Kier alpha value is -2.88. The molecule has 0 saturated carbocycles. The molecule has 3 rings (SSSR count). The van der Waals surface area contributed by atoms with Crippen LogP contribution in [0.3, 0.4) is 0 Å². The van der Waals surface area contributed by atoms with E-state index in [0.717, 1.165) is 53.5 Å². The SMILES string of the molecule is CCCCCCCCCCOc1ccc(-c2ncc(-c3ccc(O[C@@H](C)CCCCCC)cc3)cn2)cc1. The first-order valence-electron chi connectivity index (χ1n) is 15.0. The molecule has 0 aliphatic carbocycles.